The SMILES string of the molecule is CCCn1ncnc1CC(C)(O)c1cccs1. The van der Waals surface area contributed by atoms with E-state index in [-0.39, 0.29) is 0 Å². The van der Waals surface area contributed by atoms with Crippen LogP contribution in [0.1, 0.15) is 31.0 Å². The van der Waals surface area contributed by atoms with Gasteiger partial charge in [-0.2, -0.15) is 5.10 Å². The predicted octanol–water partition coefficient (Wildman–Crippen LogP) is 2.20. The lowest BCUT2D eigenvalue weighted by atomic mass is 10.00. The Labute approximate surface area is 105 Å². The average Bonchev–Trinajstić information content (AvgIpc) is 2.90. The number of aryl methyl sites for hydroxylation is 1. The summed E-state index contributed by atoms with van der Waals surface area (Å²) in [6.45, 7) is 4.77. The molecule has 2 aromatic rings. The van der Waals surface area contributed by atoms with E-state index in [1.54, 1.807) is 17.7 Å². The van der Waals surface area contributed by atoms with Crippen molar-refractivity contribution in [1.29, 1.82) is 0 Å². The van der Waals surface area contributed by atoms with Crippen LogP contribution in [-0.4, -0.2) is 19.9 Å². The maximum absolute atomic E-state index is 10.5. The van der Waals surface area contributed by atoms with Gasteiger partial charge in [0.1, 0.15) is 17.8 Å². The maximum atomic E-state index is 10.5. The zero-order valence-corrected chi connectivity index (χ0v) is 10.9. The summed E-state index contributed by atoms with van der Waals surface area (Å²) in [6, 6.07) is 3.90. The molecule has 0 saturated carbocycles. The topological polar surface area (TPSA) is 50.9 Å². The molecule has 1 unspecified atom stereocenters. The van der Waals surface area contributed by atoms with Crippen molar-refractivity contribution in [2.45, 2.75) is 38.8 Å². The van der Waals surface area contributed by atoms with Gasteiger partial charge in [-0.05, 0) is 24.8 Å². The zero-order valence-electron chi connectivity index (χ0n) is 10.1. The van der Waals surface area contributed by atoms with Gasteiger partial charge in [-0.1, -0.05) is 13.0 Å². The molecule has 0 spiro atoms. The fourth-order valence-corrected chi connectivity index (χ4v) is 2.59. The van der Waals surface area contributed by atoms with Crippen LogP contribution in [0, 0.1) is 0 Å². The predicted molar refractivity (Wildman–Crippen MR) is 67.9 cm³/mol. The summed E-state index contributed by atoms with van der Waals surface area (Å²) in [5.74, 6) is 0.838. The van der Waals surface area contributed by atoms with E-state index in [1.165, 1.54) is 0 Å². The molecule has 0 aliphatic heterocycles. The van der Waals surface area contributed by atoms with Gasteiger partial charge >= 0.3 is 0 Å². The Morgan fingerprint density at radius 1 is 1.53 bits per heavy atom. The Bertz CT molecular complexity index is 462. The van der Waals surface area contributed by atoms with Gasteiger partial charge in [0, 0.05) is 17.8 Å². The quantitative estimate of drug-likeness (QED) is 0.886. The van der Waals surface area contributed by atoms with Gasteiger partial charge < -0.3 is 5.11 Å². The van der Waals surface area contributed by atoms with Crippen LogP contribution in [0.4, 0.5) is 0 Å². The van der Waals surface area contributed by atoms with Gasteiger partial charge in [-0.25, -0.2) is 9.67 Å². The van der Waals surface area contributed by atoms with E-state index in [2.05, 4.69) is 17.0 Å². The number of hydrogen-bond acceptors (Lipinski definition) is 4. The lowest BCUT2D eigenvalue weighted by Crippen LogP contribution is -2.25. The molecule has 0 aliphatic carbocycles. The van der Waals surface area contributed by atoms with E-state index in [0.29, 0.717) is 6.42 Å². The first-order valence-corrected chi connectivity index (χ1v) is 6.64. The van der Waals surface area contributed by atoms with Crippen LogP contribution in [0.25, 0.3) is 0 Å². The van der Waals surface area contributed by atoms with E-state index in [0.717, 1.165) is 23.7 Å². The van der Waals surface area contributed by atoms with Gasteiger partial charge in [0.05, 0.1) is 0 Å². The molecule has 0 aliphatic rings. The summed E-state index contributed by atoms with van der Waals surface area (Å²) >= 11 is 1.56. The van der Waals surface area contributed by atoms with E-state index in [4.69, 9.17) is 0 Å². The summed E-state index contributed by atoms with van der Waals surface area (Å²) < 4.78 is 1.86. The largest absolute Gasteiger partial charge is 0.384 e. The lowest BCUT2D eigenvalue weighted by molar-refractivity contribution is 0.0580. The molecular weight excluding hydrogens is 234 g/mol. The molecular formula is C12H17N3OS. The van der Waals surface area contributed by atoms with Crippen LogP contribution >= 0.6 is 11.3 Å². The molecule has 0 amide bonds. The second-order valence-corrected chi connectivity index (χ2v) is 5.28. The van der Waals surface area contributed by atoms with Gasteiger partial charge in [-0.15, -0.1) is 11.3 Å². The molecule has 5 heteroatoms. The number of thiophene rings is 1. The van der Waals surface area contributed by atoms with Crippen molar-refractivity contribution in [3.05, 3.63) is 34.5 Å². The standard InChI is InChI=1S/C12H17N3OS/c1-3-6-15-11(13-9-14-15)8-12(2,16)10-5-4-7-17-10/h4-5,7,9,16H,3,6,8H2,1-2H3. The number of hydrogen-bond donors (Lipinski definition) is 1. The van der Waals surface area contributed by atoms with Crippen molar-refractivity contribution < 1.29 is 5.11 Å². The van der Waals surface area contributed by atoms with Crippen LogP contribution in [0.5, 0.6) is 0 Å². The van der Waals surface area contributed by atoms with E-state index in [1.807, 2.05) is 29.1 Å². The van der Waals surface area contributed by atoms with Crippen LogP contribution in [-0.2, 0) is 18.6 Å². The van der Waals surface area contributed by atoms with Gasteiger partial charge in [0.15, 0.2) is 0 Å². The third-order valence-electron chi connectivity index (χ3n) is 2.69. The highest BCUT2D eigenvalue weighted by molar-refractivity contribution is 7.10. The number of nitrogens with zero attached hydrogens (tertiary/aromatic N) is 3. The molecule has 0 radical (unpaired) electrons. The molecule has 0 fully saturated rings. The van der Waals surface area contributed by atoms with E-state index >= 15 is 0 Å². The van der Waals surface area contributed by atoms with E-state index in [9.17, 15) is 5.11 Å². The molecule has 1 N–H and O–H groups in total. The first-order chi connectivity index (χ1) is 8.13. The fourth-order valence-electron chi connectivity index (χ4n) is 1.80. The van der Waals surface area contributed by atoms with Crippen molar-refractivity contribution >= 4 is 11.3 Å². The highest BCUT2D eigenvalue weighted by Crippen LogP contribution is 2.28. The van der Waals surface area contributed by atoms with Crippen molar-refractivity contribution in [2.24, 2.45) is 0 Å². The van der Waals surface area contributed by atoms with Crippen molar-refractivity contribution in [3.63, 3.8) is 0 Å². The fraction of sp³-hybridized carbons (Fsp3) is 0.500. The molecule has 2 heterocycles. The van der Waals surface area contributed by atoms with Crippen LogP contribution in [0.3, 0.4) is 0 Å². The summed E-state index contributed by atoms with van der Waals surface area (Å²) in [4.78, 5) is 5.19. The summed E-state index contributed by atoms with van der Waals surface area (Å²) in [5.41, 5.74) is -0.868. The molecule has 1 atom stereocenters. The maximum Gasteiger partial charge on any atom is 0.138 e. The normalized spacial score (nSPS) is 14.8. The van der Waals surface area contributed by atoms with Crippen LogP contribution < -0.4 is 0 Å². The Kier molecular flexibility index (Phi) is 3.59. The molecule has 2 aromatic heterocycles. The molecule has 0 saturated heterocycles. The molecule has 0 bridgehead atoms. The van der Waals surface area contributed by atoms with Crippen molar-refractivity contribution in [1.82, 2.24) is 14.8 Å². The summed E-state index contributed by atoms with van der Waals surface area (Å²) in [5, 5.41) is 16.6. The molecule has 92 valence electrons. The highest BCUT2D eigenvalue weighted by Gasteiger charge is 2.26. The molecule has 4 nitrogen and oxygen atoms in total. The molecule has 17 heavy (non-hydrogen) atoms. The lowest BCUT2D eigenvalue weighted by Gasteiger charge is -2.21. The summed E-state index contributed by atoms with van der Waals surface area (Å²) in [7, 11) is 0. The Morgan fingerprint density at radius 3 is 3.00 bits per heavy atom. The monoisotopic (exact) mass is 251 g/mol. The second kappa shape index (κ2) is 4.98. The first-order valence-electron chi connectivity index (χ1n) is 5.76. The third kappa shape index (κ3) is 2.73. The minimum absolute atomic E-state index is 0.494. The van der Waals surface area contributed by atoms with Crippen LogP contribution in [0.2, 0.25) is 0 Å². The Balaban J connectivity index is 2.17. The smallest absolute Gasteiger partial charge is 0.138 e. The summed E-state index contributed by atoms with van der Waals surface area (Å²) in [6.07, 6.45) is 3.06. The first kappa shape index (κ1) is 12.3. The third-order valence-corrected chi connectivity index (χ3v) is 3.81. The van der Waals surface area contributed by atoms with Crippen molar-refractivity contribution in [3.8, 4) is 0 Å². The number of rotatable bonds is 5. The minimum atomic E-state index is -0.868. The minimum Gasteiger partial charge on any atom is -0.384 e. The zero-order chi connectivity index (χ0) is 12.3. The number of aromatic nitrogens is 3. The van der Waals surface area contributed by atoms with Gasteiger partial charge in [0.25, 0.3) is 0 Å². The molecule has 2 rings (SSSR count). The van der Waals surface area contributed by atoms with Gasteiger partial charge in [0.2, 0.25) is 0 Å². The van der Waals surface area contributed by atoms with Crippen molar-refractivity contribution in [2.75, 3.05) is 0 Å². The number of aliphatic hydroxyl groups is 1. The average molecular weight is 251 g/mol. The second-order valence-electron chi connectivity index (χ2n) is 4.33. The molecule has 0 aromatic carbocycles. The Morgan fingerprint density at radius 2 is 2.35 bits per heavy atom. The van der Waals surface area contributed by atoms with Crippen LogP contribution in [0.15, 0.2) is 23.8 Å². The Hall–Kier alpha value is -1.20. The van der Waals surface area contributed by atoms with Gasteiger partial charge in [-0.3, -0.25) is 0 Å². The van der Waals surface area contributed by atoms with E-state index < -0.39 is 5.60 Å². The highest BCUT2D eigenvalue weighted by atomic mass is 32.1.